The van der Waals surface area contributed by atoms with Crippen LogP contribution < -0.4 is 5.32 Å². The molecule has 1 heterocycles. The van der Waals surface area contributed by atoms with Gasteiger partial charge in [0, 0.05) is 18.2 Å². The van der Waals surface area contributed by atoms with E-state index in [4.69, 9.17) is 0 Å². The fourth-order valence-electron chi connectivity index (χ4n) is 2.57. The molecule has 0 aliphatic rings. The van der Waals surface area contributed by atoms with Crippen LogP contribution in [0.5, 0.6) is 0 Å². The number of aromatic nitrogens is 1. The van der Waals surface area contributed by atoms with Crippen molar-refractivity contribution in [1.82, 2.24) is 10.3 Å². The summed E-state index contributed by atoms with van der Waals surface area (Å²) in [4.78, 5) is 28.3. The number of carbonyl (C=O) groups is 2. The second-order valence-corrected chi connectivity index (χ2v) is 6.27. The van der Waals surface area contributed by atoms with Crippen LogP contribution in [0.25, 0.3) is 0 Å². The maximum Gasteiger partial charge on any atom is 0.265 e. The molecule has 0 bridgehead atoms. The first-order valence-electron chi connectivity index (χ1n) is 8.04. The van der Waals surface area contributed by atoms with Gasteiger partial charge in [-0.25, -0.2) is 8.78 Å². The molecule has 1 atom stereocenters. The molecule has 0 saturated carbocycles. The number of aryl methyl sites for hydroxylation is 1. The van der Waals surface area contributed by atoms with Gasteiger partial charge in [-0.2, -0.15) is 0 Å². The van der Waals surface area contributed by atoms with Gasteiger partial charge in [-0.15, -0.1) is 0 Å². The van der Waals surface area contributed by atoms with Crippen molar-refractivity contribution in [3.05, 3.63) is 77.6 Å². The van der Waals surface area contributed by atoms with E-state index in [-0.39, 0.29) is 23.5 Å². The third-order valence-corrected chi connectivity index (χ3v) is 4.11. The maximum absolute atomic E-state index is 12.6. The summed E-state index contributed by atoms with van der Waals surface area (Å²) in [6.07, 6.45) is -0.594. The lowest BCUT2D eigenvalue weighted by Crippen LogP contribution is -2.44. The Labute approximate surface area is 151 Å². The lowest BCUT2D eigenvalue weighted by molar-refractivity contribution is -0.118. The number of nitrogens with one attached hydrogen (secondary N) is 1. The maximum atomic E-state index is 12.6. The molecular weight excluding hydrogens is 338 g/mol. The molecule has 0 radical (unpaired) electrons. The van der Waals surface area contributed by atoms with Crippen molar-refractivity contribution in [3.63, 3.8) is 0 Å². The molecule has 1 amide bonds. The zero-order chi connectivity index (χ0) is 19.3. The van der Waals surface area contributed by atoms with Gasteiger partial charge < -0.3 is 5.32 Å². The number of rotatable bonds is 7. The minimum atomic E-state index is -2.64. The van der Waals surface area contributed by atoms with E-state index in [0.717, 1.165) is 23.4 Å². The molecule has 1 unspecified atom stereocenters. The van der Waals surface area contributed by atoms with Gasteiger partial charge in [0.1, 0.15) is 5.69 Å². The molecule has 1 N–H and O–H groups in total. The van der Waals surface area contributed by atoms with Crippen molar-refractivity contribution in [2.24, 2.45) is 0 Å². The van der Waals surface area contributed by atoms with Crippen molar-refractivity contribution in [1.29, 1.82) is 0 Å². The zero-order valence-electron chi connectivity index (χ0n) is 14.6. The highest BCUT2D eigenvalue weighted by Gasteiger charge is 2.31. The van der Waals surface area contributed by atoms with Crippen molar-refractivity contribution in [3.8, 4) is 0 Å². The molecule has 4 nitrogen and oxygen atoms in total. The number of benzene rings is 1. The number of hydrogen-bond donors (Lipinski definition) is 1. The van der Waals surface area contributed by atoms with Gasteiger partial charge in [0.05, 0.1) is 5.54 Å². The topological polar surface area (TPSA) is 59.1 Å². The molecule has 1 aromatic carbocycles. The van der Waals surface area contributed by atoms with Gasteiger partial charge in [0.25, 0.3) is 6.43 Å². The Kier molecular flexibility index (Phi) is 5.97. The van der Waals surface area contributed by atoms with Gasteiger partial charge in [-0.1, -0.05) is 36.4 Å². The summed E-state index contributed by atoms with van der Waals surface area (Å²) in [6.45, 7) is 7.10. The van der Waals surface area contributed by atoms with Crippen molar-refractivity contribution in [2.45, 2.75) is 32.2 Å². The van der Waals surface area contributed by atoms with Gasteiger partial charge in [0.15, 0.2) is 5.78 Å². The summed E-state index contributed by atoms with van der Waals surface area (Å²) >= 11 is 0. The van der Waals surface area contributed by atoms with Crippen LogP contribution in [0.4, 0.5) is 8.78 Å². The van der Waals surface area contributed by atoms with E-state index in [1.54, 1.807) is 6.92 Å². The Morgan fingerprint density at radius 3 is 2.38 bits per heavy atom. The van der Waals surface area contributed by atoms with E-state index in [9.17, 15) is 18.4 Å². The summed E-state index contributed by atoms with van der Waals surface area (Å²) in [5.41, 5.74) is 0.625. The lowest BCUT2D eigenvalue weighted by atomic mass is 9.85. The monoisotopic (exact) mass is 358 g/mol. The van der Waals surface area contributed by atoms with Crippen LogP contribution >= 0.6 is 0 Å². The first-order chi connectivity index (χ1) is 12.2. The van der Waals surface area contributed by atoms with E-state index in [1.165, 1.54) is 12.1 Å². The Balaban J connectivity index is 2.30. The lowest BCUT2D eigenvalue weighted by Gasteiger charge is -2.30. The van der Waals surface area contributed by atoms with Gasteiger partial charge in [0.2, 0.25) is 5.91 Å². The molecule has 0 aliphatic heterocycles. The van der Waals surface area contributed by atoms with Gasteiger partial charge >= 0.3 is 0 Å². The third kappa shape index (κ3) is 4.59. The Hall–Kier alpha value is -2.89. The van der Waals surface area contributed by atoms with Crippen LogP contribution in [0.2, 0.25) is 0 Å². The van der Waals surface area contributed by atoms with Crippen LogP contribution in [0.3, 0.4) is 0 Å². The second kappa shape index (κ2) is 7.99. The number of carbonyl (C=O) groups excluding carboxylic acids is 2. The summed E-state index contributed by atoms with van der Waals surface area (Å²) < 4.78 is 25.3. The van der Waals surface area contributed by atoms with Crippen molar-refractivity contribution in [2.75, 3.05) is 0 Å². The molecule has 6 heteroatoms. The second-order valence-electron chi connectivity index (χ2n) is 6.27. The predicted octanol–water partition coefficient (Wildman–Crippen LogP) is 4.12. The number of pyridine rings is 1. The zero-order valence-corrected chi connectivity index (χ0v) is 14.6. The number of Topliss-reactive ketones (excluding diaryl/α,β-unsaturated/α-hetero) is 1. The molecule has 136 valence electrons. The highest BCUT2D eigenvalue weighted by Crippen LogP contribution is 2.27. The van der Waals surface area contributed by atoms with E-state index in [2.05, 4.69) is 16.9 Å². The molecule has 0 fully saturated rings. The molecule has 26 heavy (non-hydrogen) atoms. The summed E-state index contributed by atoms with van der Waals surface area (Å²) in [6, 6.07) is 9.88. The number of ketones is 1. The highest BCUT2D eigenvalue weighted by atomic mass is 19.3. The normalized spacial score (nSPS) is 13.1. The van der Waals surface area contributed by atoms with E-state index < -0.39 is 17.9 Å². The minimum absolute atomic E-state index is 0.0700. The van der Waals surface area contributed by atoms with E-state index in [0.29, 0.717) is 0 Å². The van der Waals surface area contributed by atoms with Gasteiger partial charge in [-0.05, 0) is 37.6 Å². The smallest absolute Gasteiger partial charge is 0.265 e. The molecule has 2 rings (SSSR count). The molecule has 1 aromatic heterocycles. The number of amides is 1. The Morgan fingerprint density at radius 2 is 1.88 bits per heavy atom. The highest BCUT2D eigenvalue weighted by molar-refractivity contribution is 5.96. The van der Waals surface area contributed by atoms with Crippen LogP contribution in [0.15, 0.2) is 55.3 Å². The molecule has 0 aliphatic carbocycles. The molecule has 2 aromatic rings. The van der Waals surface area contributed by atoms with Crippen LogP contribution in [-0.2, 0) is 10.3 Å². The number of nitrogens with zero attached hydrogens (tertiary/aromatic N) is 1. The first kappa shape index (κ1) is 19.4. The van der Waals surface area contributed by atoms with E-state index in [1.807, 2.05) is 31.2 Å². The van der Waals surface area contributed by atoms with Crippen LogP contribution in [-0.4, -0.2) is 16.7 Å². The van der Waals surface area contributed by atoms with Crippen LogP contribution in [0, 0.1) is 6.92 Å². The fourth-order valence-corrected chi connectivity index (χ4v) is 2.57. The Morgan fingerprint density at radius 1 is 1.23 bits per heavy atom. The SMILES string of the molecule is C=CC(=O)NC(C)(CC(=O)c1ccc(C(F)F)cn1)c1ccc(C)cc1. The molecule has 0 saturated heterocycles. The standard InChI is InChI=1S/C20H20F2N2O2/c1-4-18(26)24-20(3,15-8-5-13(2)6-9-15)11-17(25)16-10-7-14(12-23-16)19(21)22/h4-10,12,19H,1,11H2,2-3H3,(H,24,26). The summed E-state index contributed by atoms with van der Waals surface area (Å²) in [5.74, 6) is -0.778. The first-order valence-corrected chi connectivity index (χ1v) is 8.04. The minimum Gasteiger partial charge on any atom is -0.343 e. The number of halogens is 2. The fraction of sp³-hybridized carbons (Fsp3) is 0.250. The van der Waals surface area contributed by atoms with Crippen molar-refractivity contribution >= 4 is 11.7 Å². The predicted molar refractivity (Wildman–Crippen MR) is 95.0 cm³/mol. The quantitative estimate of drug-likeness (QED) is 0.598. The van der Waals surface area contributed by atoms with Crippen LogP contribution in [0.1, 0.15) is 46.9 Å². The molecule has 0 spiro atoms. The van der Waals surface area contributed by atoms with Gasteiger partial charge in [-0.3, -0.25) is 14.6 Å². The van der Waals surface area contributed by atoms with E-state index >= 15 is 0 Å². The number of alkyl halides is 2. The molecular formula is C20H20F2N2O2. The summed E-state index contributed by atoms with van der Waals surface area (Å²) in [7, 11) is 0. The van der Waals surface area contributed by atoms with Crippen molar-refractivity contribution < 1.29 is 18.4 Å². The Bertz CT molecular complexity index is 802. The average Bonchev–Trinajstić information content (AvgIpc) is 2.61. The summed E-state index contributed by atoms with van der Waals surface area (Å²) in [5, 5.41) is 2.78. The number of hydrogen-bond acceptors (Lipinski definition) is 3. The largest absolute Gasteiger partial charge is 0.343 e. The third-order valence-electron chi connectivity index (χ3n) is 4.11. The average molecular weight is 358 g/mol.